The van der Waals surface area contributed by atoms with Gasteiger partial charge in [0.15, 0.2) is 11.5 Å². The Bertz CT molecular complexity index is 356. The van der Waals surface area contributed by atoms with E-state index in [0.29, 0.717) is 21.5 Å². The van der Waals surface area contributed by atoms with E-state index in [1.165, 1.54) is 6.07 Å². The summed E-state index contributed by atoms with van der Waals surface area (Å²) >= 11 is 3.07. The predicted octanol–water partition coefficient (Wildman–Crippen LogP) is 1.78. The molecule has 5 heteroatoms. The van der Waals surface area contributed by atoms with Crippen molar-refractivity contribution in [1.82, 2.24) is 0 Å². The van der Waals surface area contributed by atoms with Crippen LogP contribution in [0.25, 0.3) is 0 Å². The lowest BCUT2D eigenvalue weighted by Gasteiger charge is -2.05. The third kappa shape index (κ3) is 1.28. The van der Waals surface area contributed by atoms with Crippen molar-refractivity contribution in [3.8, 4) is 11.5 Å². The first-order valence-electron chi connectivity index (χ1n) is 3.70. The third-order valence-corrected chi connectivity index (χ3v) is 2.43. The summed E-state index contributed by atoms with van der Waals surface area (Å²) in [5.74, 6) is 0.573. The lowest BCUT2D eigenvalue weighted by molar-refractivity contribution is 0.173. The molecule has 0 saturated carbocycles. The van der Waals surface area contributed by atoms with Gasteiger partial charge in [0.1, 0.15) is 5.82 Å². The van der Waals surface area contributed by atoms with Crippen molar-refractivity contribution in [1.29, 1.82) is 0 Å². The van der Waals surface area contributed by atoms with E-state index in [-0.39, 0.29) is 19.2 Å². The van der Waals surface area contributed by atoms with Gasteiger partial charge in [-0.1, -0.05) is 0 Å². The number of fused-ring (bicyclic) bond motifs is 1. The zero-order valence-corrected chi connectivity index (χ0v) is 8.23. The van der Waals surface area contributed by atoms with E-state index in [2.05, 4.69) is 15.9 Å². The van der Waals surface area contributed by atoms with Crippen molar-refractivity contribution < 1.29 is 13.9 Å². The normalized spacial score (nSPS) is 13.5. The molecule has 1 aromatic rings. The molecule has 0 unspecified atom stereocenters. The highest BCUT2D eigenvalue weighted by Gasteiger charge is 2.22. The number of hydrogen-bond donors (Lipinski definition) is 1. The largest absolute Gasteiger partial charge is 0.454 e. The highest BCUT2D eigenvalue weighted by molar-refractivity contribution is 9.10. The highest BCUT2D eigenvalue weighted by Crippen LogP contribution is 2.40. The van der Waals surface area contributed by atoms with Crippen molar-refractivity contribution in [3.63, 3.8) is 0 Å². The first-order valence-corrected chi connectivity index (χ1v) is 4.50. The van der Waals surface area contributed by atoms with Crippen LogP contribution in [0.4, 0.5) is 4.39 Å². The topological polar surface area (TPSA) is 44.5 Å². The van der Waals surface area contributed by atoms with Crippen LogP contribution >= 0.6 is 15.9 Å². The first-order chi connectivity index (χ1) is 6.24. The molecule has 3 nitrogen and oxygen atoms in total. The Labute approximate surface area is 82.8 Å². The minimum atomic E-state index is -0.383. The molecule has 1 heterocycles. The monoisotopic (exact) mass is 247 g/mol. The number of rotatable bonds is 1. The Morgan fingerprint density at radius 3 is 3.00 bits per heavy atom. The second kappa shape index (κ2) is 3.16. The molecular weight excluding hydrogens is 241 g/mol. The Kier molecular flexibility index (Phi) is 2.13. The average Bonchev–Trinajstić information content (AvgIpc) is 2.54. The number of ether oxygens (including phenoxy) is 2. The van der Waals surface area contributed by atoms with E-state index in [9.17, 15) is 4.39 Å². The van der Waals surface area contributed by atoms with Crippen LogP contribution in [-0.2, 0) is 6.54 Å². The number of halogens is 2. The van der Waals surface area contributed by atoms with Gasteiger partial charge in [-0.05, 0) is 15.9 Å². The lowest BCUT2D eigenvalue weighted by atomic mass is 10.2. The molecule has 0 aromatic heterocycles. The van der Waals surface area contributed by atoms with E-state index in [1.807, 2.05) is 0 Å². The molecule has 1 aliphatic rings. The first kappa shape index (κ1) is 8.77. The maximum atomic E-state index is 13.4. The quantitative estimate of drug-likeness (QED) is 0.823. The van der Waals surface area contributed by atoms with Crippen LogP contribution in [-0.4, -0.2) is 6.79 Å². The summed E-state index contributed by atoms with van der Waals surface area (Å²) < 4.78 is 23.9. The molecule has 0 atom stereocenters. The Morgan fingerprint density at radius 2 is 2.31 bits per heavy atom. The van der Waals surface area contributed by atoms with E-state index < -0.39 is 0 Å². The molecular formula is C8H7BrFNO2. The number of hydrogen-bond acceptors (Lipinski definition) is 3. The molecule has 2 N–H and O–H groups in total. The van der Waals surface area contributed by atoms with E-state index >= 15 is 0 Å². The van der Waals surface area contributed by atoms with Crippen molar-refractivity contribution in [3.05, 3.63) is 21.9 Å². The summed E-state index contributed by atoms with van der Waals surface area (Å²) in [5, 5.41) is 0. The molecule has 0 aliphatic carbocycles. The van der Waals surface area contributed by atoms with Gasteiger partial charge in [-0.2, -0.15) is 0 Å². The van der Waals surface area contributed by atoms with Gasteiger partial charge in [-0.15, -0.1) is 0 Å². The van der Waals surface area contributed by atoms with Gasteiger partial charge in [0.05, 0.1) is 4.47 Å². The van der Waals surface area contributed by atoms with Crippen LogP contribution in [0.15, 0.2) is 10.5 Å². The molecule has 0 fully saturated rings. The third-order valence-electron chi connectivity index (χ3n) is 1.85. The van der Waals surface area contributed by atoms with Crippen LogP contribution in [0, 0.1) is 5.82 Å². The van der Waals surface area contributed by atoms with Gasteiger partial charge in [-0.3, -0.25) is 0 Å². The maximum Gasteiger partial charge on any atom is 0.231 e. The fraction of sp³-hybridized carbons (Fsp3) is 0.250. The van der Waals surface area contributed by atoms with Gasteiger partial charge < -0.3 is 15.2 Å². The number of nitrogens with two attached hydrogens (primary N) is 1. The average molecular weight is 248 g/mol. The molecule has 0 radical (unpaired) electrons. The second-order valence-corrected chi connectivity index (χ2v) is 3.44. The van der Waals surface area contributed by atoms with Crippen LogP contribution in [0.2, 0.25) is 0 Å². The summed E-state index contributed by atoms with van der Waals surface area (Å²) in [7, 11) is 0. The van der Waals surface area contributed by atoms with Gasteiger partial charge in [0, 0.05) is 18.2 Å². The molecule has 0 bridgehead atoms. The Balaban J connectivity index is 2.64. The summed E-state index contributed by atoms with van der Waals surface area (Å²) in [5.41, 5.74) is 5.75. The number of benzene rings is 1. The minimum Gasteiger partial charge on any atom is -0.454 e. The predicted molar refractivity (Wildman–Crippen MR) is 48.1 cm³/mol. The SMILES string of the molecule is NCc1c(F)c(Br)cc2c1OCO2. The molecule has 70 valence electrons. The minimum absolute atomic E-state index is 0.0942. The molecule has 0 amide bonds. The highest BCUT2D eigenvalue weighted by atomic mass is 79.9. The Hall–Kier alpha value is -0.810. The molecule has 0 saturated heterocycles. The lowest BCUT2D eigenvalue weighted by Crippen LogP contribution is -2.02. The maximum absolute atomic E-state index is 13.4. The van der Waals surface area contributed by atoms with Gasteiger partial charge in [0.2, 0.25) is 6.79 Å². The van der Waals surface area contributed by atoms with Gasteiger partial charge in [0.25, 0.3) is 0 Å². The molecule has 2 rings (SSSR count). The van der Waals surface area contributed by atoms with Crippen LogP contribution in [0.3, 0.4) is 0 Å². The van der Waals surface area contributed by atoms with Gasteiger partial charge in [-0.25, -0.2) is 4.39 Å². The van der Waals surface area contributed by atoms with Crippen molar-refractivity contribution in [2.45, 2.75) is 6.54 Å². The van der Waals surface area contributed by atoms with Crippen molar-refractivity contribution >= 4 is 15.9 Å². The summed E-state index contributed by atoms with van der Waals surface area (Å²) in [6.07, 6.45) is 0. The fourth-order valence-corrected chi connectivity index (χ4v) is 1.68. The standard InChI is InChI=1S/C8H7BrFNO2/c9-5-1-6-8(13-3-12-6)4(2-11)7(5)10/h1H,2-3,11H2. The van der Waals surface area contributed by atoms with Crippen molar-refractivity contribution in [2.24, 2.45) is 5.73 Å². The van der Waals surface area contributed by atoms with Crippen LogP contribution in [0.5, 0.6) is 11.5 Å². The molecule has 1 aromatic carbocycles. The molecule has 0 spiro atoms. The summed E-state index contributed by atoms with van der Waals surface area (Å²) in [4.78, 5) is 0. The second-order valence-electron chi connectivity index (χ2n) is 2.59. The molecule has 13 heavy (non-hydrogen) atoms. The fourth-order valence-electron chi connectivity index (χ4n) is 1.24. The summed E-state index contributed by atoms with van der Waals surface area (Å²) in [6, 6.07) is 1.54. The molecule has 1 aliphatic heterocycles. The zero-order valence-electron chi connectivity index (χ0n) is 6.64. The van der Waals surface area contributed by atoms with Crippen molar-refractivity contribution in [2.75, 3.05) is 6.79 Å². The summed E-state index contributed by atoms with van der Waals surface area (Å²) in [6.45, 7) is 0.217. The zero-order chi connectivity index (χ0) is 9.42. The van der Waals surface area contributed by atoms with E-state index in [1.54, 1.807) is 0 Å². The van der Waals surface area contributed by atoms with E-state index in [0.717, 1.165) is 0 Å². The van der Waals surface area contributed by atoms with Gasteiger partial charge >= 0.3 is 0 Å². The smallest absolute Gasteiger partial charge is 0.231 e. The Morgan fingerprint density at radius 1 is 1.54 bits per heavy atom. The van der Waals surface area contributed by atoms with Crippen LogP contribution < -0.4 is 15.2 Å². The van der Waals surface area contributed by atoms with Crippen LogP contribution in [0.1, 0.15) is 5.56 Å². The van der Waals surface area contributed by atoms with E-state index in [4.69, 9.17) is 15.2 Å².